The SMILES string of the molecule is C#CCN/N=C(\C)c1ccccc1C1=CC(C)(C)C=C(CN(CC(O)(O)CCC)C(=C(C)C)C(C)(O)O)C=C1. The van der Waals surface area contributed by atoms with Crippen molar-refractivity contribution >= 4 is 11.3 Å². The molecule has 39 heavy (non-hydrogen) atoms. The molecule has 1 aromatic carbocycles. The highest BCUT2D eigenvalue weighted by Crippen LogP contribution is 2.34. The maximum atomic E-state index is 10.7. The minimum Gasteiger partial charge on any atom is -0.364 e. The number of aliphatic hydroxyl groups is 4. The van der Waals surface area contributed by atoms with E-state index in [1.54, 1.807) is 18.7 Å². The van der Waals surface area contributed by atoms with Crippen molar-refractivity contribution in [1.82, 2.24) is 10.3 Å². The second-order valence-corrected chi connectivity index (χ2v) is 11.2. The maximum Gasteiger partial charge on any atom is 0.201 e. The third-order valence-corrected chi connectivity index (χ3v) is 6.32. The van der Waals surface area contributed by atoms with Gasteiger partial charge in [0.25, 0.3) is 0 Å². The lowest BCUT2D eigenvalue weighted by molar-refractivity contribution is -0.185. The predicted octanol–water partition coefficient (Wildman–Crippen LogP) is 4.32. The van der Waals surface area contributed by atoms with Gasteiger partial charge in [0, 0.05) is 23.9 Å². The second kappa shape index (κ2) is 13.3. The molecule has 212 valence electrons. The first-order valence-corrected chi connectivity index (χ1v) is 13.4. The zero-order valence-corrected chi connectivity index (χ0v) is 24.4. The average Bonchev–Trinajstić information content (AvgIpc) is 2.94. The first kappa shape index (κ1) is 32.1. The molecule has 0 fully saturated rings. The van der Waals surface area contributed by atoms with E-state index in [0.717, 1.165) is 28.0 Å². The van der Waals surface area contributed by atoms with Crippen LogP contribution in [0.1, 0.15) is 72.4 Å². The summed E-state index contributed by atoms with van der Waals surface area (Å²) in [6, 6.07) is 8.04. The summed E-state index contributed by atoms with van der Waals surface area (Å²) >= 11 is 0. The third kappa shape index (κ3) is 9.52. The fourth-order valence-electron chi connectivity index (χ4n) is 5.10. The fourth-order valence-corrected chi connectivity index (χ4v) is 5.10. The Hall–Kier alpha value is -3.15. The average molecular weight is 536 g/mol. The summed E-state index contributed by atoms with van der Waals surface area (Å²) in [5, 5.41) is 47.0. The minimum absolute atomic E-state index is 0.160. The zero-order chi connectivity index (χ0) is 29.4. The highest BCUT2D eigenvalue weighted by molar-refractivity contribution is 6.03. The smallest absolute Gasteiger partial charge is 0.201 e. The number of allylic oxidation sites excluding steroid dienone is 5. The molecule has 1 aromatic rings. The van der Waals surface area contributed by atoms with Crippen LogP contribution in [0.15, 0.2) is 70.5 Å². The van der Waals surface area contributed by atoms with Crippen molar-refractivity contribution in [2.75, 3.05) is 19.6 Å². The molecule has 0 amide bonds. The quantitative estimate of drug-likeness (QED) is 0.0897. The van der Waals surface area contributed by atoms with E-state index in [4.69, 9.17) is 6.42 Å². The van der Waals surface area contributed by atoms with Gasteiger partial charge in [0.2, 0.25) is 5.79 Å². The van der Waals surface area contributed by atoms with E-state index in [2.05, 4.69) is 48.5 Å². The van der Waals surface area contributed by atoms with Crippen LogP contribution in [0.2, 0.25) is 0 Å². The normalized spacial score (nSPS) is 15.6. The van der Waals surface area contributed by atoms with Gasteiger partial charge in [-0.1, -0.05) is 87.3 Å². The molecule has 0 aliphatic heterocycles. The van der Waals surface area contributed by atoms with Crippen LogP contribution in [0.3, 0.4) is 0 Å². The summed E-state index contributed by atoms with van der Waals surface area (Å²) in [5.41, 5.74) is 8.18. The molecule has 0 saturated heterocycles. The molecule has 0 aromatic heterocycles. The van der Waals surface area contributed by atoms with Crippen LogP contribution in [0.4, 0.5) is 0 Å². The highest BCUT2D eigenvalue weighted by atomic mass is 16.5. The van der Waals surface area contributed by atoms with Gasteiger partial charge in [-0.15, -0.1) is 6.42 Å². The van der Waals surface area contributed by atoms with E-state index in [1.807, 2.05) is 44.2 Å². The Balaban J connectivity index is 2.52. The van der Waals surface area contributed by atoms with E-state index in [9.17, 15) is 20.4 Å². The Morgan fingerprint density at radius 1 is 1.08 bits per heavy atom. The molecule has 0 saturated carbocycles. The summed E-state index contributed by atoms with van der Waals surface area (Å²) < 4.78 is 0. The van der Waals surface area contributed by atoms with Gasteiger partial charge >= 0.3 is 0 Å². The Labute approximate surface area is 234 Å². The van der Waals surface area contributed by atoms with Crippen LogP contribution in [-0.4, -0.2) is 62.2 Å². The maximum absolute atomic E-state index is 10.7. The van der Waals surface area contributed by atoms with Crippen LogP contribution in [-0.2, 0) is 0 Å². The molecule has 1 aliphatic rings. The summed E-state index contributed by atoms with van der Waals surface area (Å²) in [4.78, 5) is 1.66. The van der Waals surface area contributed by atoms with Crippen LogP contribution >= 0.6 is 0 Å². The number of terminal acetylenes is 1. The van der Waals surface area contributed by atoms with Crippen molar-refractivity contribution in [3.05, 3.63) is 76.5 Å². The van der Waals surface area contributed by atoms with Gasteiger partial charge in [-0.3, -0.25) is 5.43 Å². The second-order valence-electron chi connectivity index (χ2n) is 11.2. The molecular weight excluding hydrogens is 490 g/mol. The van der Waals surface area contributed by atoms with Crippen molar-refractivity contribution in [3.8, 4) is 12.3 Å². The van der Waals surface area contributed by atoms with E-state index >= 15 is 0 Å². The molecule has 0 unspecified atom stereocenters. The number of nitrogens with zero attached hydrogens (tertiary/aromatic N) is 2. The van der Waals surface area contributed by atoms with Gasteiger partial charge < -0.3 is 25.3 Å². The Morgan fingerprint density at radius 3 is 2.33 bits per heavy atom. The first-order chi connectivity index (χ1) is 18.1. The zero-order valence-electron chi connectivity index (χ0n) is 24.4. The molecule has 0 spiro atoms. The minimum atomic E-state index is -2.15. The van der Waals surface area contributed by atoms with Gasteiger partial charge in [0.15, 0.2) is 5.79 Å². The fraction of sp³-hybridized carbons (Fsp3) is 0.469. The molecule has 0 radical (unpaired) electrons. The first-order valence-electron chi connectivity index (χ1n) is 13.4. The third-order valence-electron chi connectivity index (χ3n) is 6.32. The van der Waals surface area contributed by atoms with Crippen molar-refractivity contribution < 1.29 is 20.4 Å². The Morgan fingerprint density at radius 2 is 1.74 bits per heavy atom. The van der Waals surface area contributed by atoms with Gasteiger partial charge in [0.1, 0.15) is 0 Å². The van der Waals surface area contributed by atoms with Crippen molar-refractivity contribution in [3.63, 3.8) is 0 Å². The summed E-state index contributed by atoms with van der Waals surface area (Å²) in [7, 11) is 0. The highest BCUT2D eigenvalue weighted by Gasteiger charge is 2.34. The number of rotatable bonds is 12. The van der Waals surface area contributed by atoms with Crippen LogP contribution in [0, 0.1) is 17.8 Å². The lowest BCUT2D eigenvalue weighted by atomic mass is 9.87. The number of hydrogen-bond acceptors (Lipinski definition) is 7. The molecule has 7 nitrogen and oxygen atoms in total. The predicted molar refractivity (Wildman–Crippen MR) is 159 cm³/mol. The van der Waals surface area contributed by atoms with Crippen molar-refractivity contribution in [2.45, 2.75) is 72.9 Å². The summed E-state index contributed by atoms with van der Waals surface area (Å²) in [6.45, 7) is 13.3. The number of benzene rings is 1. The van der Waals surface area contributed by atoms with Crippen LogP contribution < -0.4 is 5.43 Å². The molecule has 0 bridgehead atoms. The molecule has 1 aliphatic carbocycles. The van der Waals surface area contributed by atoms with Crippen molar-refractivity contribution in [1.29, 1.82) is 0 Å². The summed E-state index contributed by atoms with van der Waals surface area (Å²) in [6.07, 6.45) is 14.4. The topological polar surface area (TPSA) is 109 Å². The molecule has 0 heterocycles. The van der Waals surface area contributed by atoms with Gasteiger partial charge in [-0.05, 0) is 44.4 Å². The Bertz CT molecular complexity index is 1200. The number of hydrazone groups is 1. The van der Waals surface area contributed by atoms with Gasteiger partial charge in [-0.25, -0.2) is 0 Å². The monoisotopic (exact) mass is 535 g/mol. The molecule has 5 N–H and O–H groups in total. The molecule has 7 heteroatoms. The lowest BCUT2D eigenvalue weighted by Gasteiger charge is -2.38. The van der Waals surface area contributed by atoms with Crippen LogP contribution in [0.25, 0.3) is 5.57 Å². The van der Waals surface area contributed by atoms with E-state index in [1.165, 1.54) is 6.92 Å². The molecular formula is C32H45N3O4. The summed E-state index contributed by atoms with van der Waals surface area (Å²) in [5.74, 6) is -1.62. The lowest BCUT2D eigenvalue weighted by Crippen LogP contribution is -2.48. The van der Waals surface area contributed by atoms with E-state index < -0.39 is 11.6 Å². The van der Waals surface area contributed by atoms with Gasteiger partial charge in [-0.2, -0.15) is 5.10 Å². The number of hydrogen-bond donors (Lipinski definition) is 5. The Kier molecular flexibility index (Phi) is 10.9. The largest absolute Gasteiger partial charge is 0.364 e. The van der Waals surface area contributed by atoms with E-state index in [-0.39, 0.29) is 30.6 Å². The van der Waals surface area contributed by atoms with Gasteiger partial charge in [0.05, 0.1) is 24.5 Å². The number of nitrogens with one attached hydrogen (secondary N) is 1. The standard InChI is InChI=1S/C32H45N3O4/c1-9-17-32(38,39)22-35(29(23(3)4)31(8,36)37)21-25-15-16-26(20-30(6,7)19-25)28-14-12-11-13-27(28)24(5)34-33-18-10-2/h2,11-16,19-20,33,36-39H,9,17-18,21-22H2,1,3-8H3/b34-24+. The molecule has 2 rings (SSSR count). The van der Waals surface area contributed by atoms with Crippen LogP contribution in [0.5, 0.6) is 0 Å². The molecule has 0 atom stereocenters. The van der Waals surface area contributed by atoms with E-state index in [0.29, 0.717) is 18.5 Å². The van der Waals surface area contributed by atoms with Crippen molar-refractivity contribution in [2.24, 2.45) is 10.5 Å².